The number of anilines is 1. The highest BCUT2D eigenvalue weighted by molar-refractivity contribution is 6.06. The van der Waals surface area contributed by atoms with Crippen molar-refractivity contribution in [1.82, 2.24) is 19.9 Å². The molecule has 2 aromatic heterocycles. The highest BCUT2D eigenvalue weighted by atomic mass is 16.5. The van der Waals surface area contributed by atoms with E-state index in [0.717, 1.165) is 35.1 Å². The summed E-state index contributed by atoms with van der Waals surface area (Å²) >= 11 is 0. The van der Waals surface area contributed by atoms with E-state index in [-0.39, 0.29) is 5.91 Å². The van der Waals surface area contributed by atoms with Crippen LogP contribution in [-0.4, -0.2) is 53.9 Å². The van der Waals surface area contributed by atoms with E-state index in [1.807, 2.05) is 24.3 Å². The molecule has 37 heavy (non-hydrogen) atoms. The number of amides is 1. The first-order valence-corrected chi connectivity index (χ1v) is 14.0. The Morgan fingerprint density at radius 2 is 1.70 bits per heavy atom. The number of hydrogen-bond donors (Lipinski definition) is 2. The largest absolute Gasteiger partial charge is 0.384 e. The molecule has 8 heteroatoms. The zero-order chi connectivity index (χ0) is 26.3. The minimum Gasteiger partial charge on any atom is -0.384 e. The predicted molar refractivity (Wildman–Crippen MR) is 151 cm³/mol. The van der Waals surface area contributed by atoms with Gasteiger partial charge < -0.3 is 25.1 Å². The molecule has 3 N–H and O–H groups in total. The Hall–Kier alpha value is -2.71. The number of nitrogens with one attached hydrogen (secondary N) is 1. The van der Waals surface area contributed by atoms with Gasteiger partial charge in [0.2, 0.25) is 5.91 Å². The van der Waals surface area contributed by atoms with Gasteiger partial charge in [-0.2, -0.15) is 0 Å². The van der Waals surface area contributed by atoms with Crippen LogP contribution in [0.5, 0.6) is 0 Å². The lowest BCUT2D eigenvalue weighted by Crippen LogP contribution is -2.27. The molecule has 0 saturated carbocycles. The van der Waals surface area contributed by atoms with Gasteiger partial charge in [-0.25, -0.2) is 9.97 Å². The van der Waals surface area contributed by atoms with E-state index < -0.39 is 0 Å². The Morgan fingerprint density at radius 1 is 0.973 bits per heavy atom. The summed E-state index contributed by atoms with van der Waals surface area (Å²) in [5.74, 6) is 1.45. The molecule has 8 nitrogen and oxygen atoms in total. The lowest BCUT2D eigenvalue weighted by molar-refractivity contribution is -0.121. The van der Waals surface area contributed by atoms with Gasteiger partial charge in [0.05, 0.1) is 30.9 Å². The van der Waals surface area contributed by atoms with Gasteiger partial charge in [0.1, 0.15) is 11.3 Å². The van der Waals surface area contributed by atoms with Crippen LogP contribution in [-0.2, 0) is 27.2 Å². The summed E-state index contributed by atoms with van der Waals surface area (Å²) in [6, 6.07) is 7.97. The van der Waals surface area contributed by atoms with Crippen LogP contribution in [0.3, 0.4) is 0 Å². The monoisotopic (exact) mass is 511 g/mol. The van der Waals surface area contributed by atoms with Crippen LogP contribution in [0.15, 0.2) is 24.3 Å². The maximum Gasteiger partial charge on any atom is 0.220 e. The van der Waals surface area contributed by atoms with Crippen LogP contribution in [0, 0.1) is 0 Å². The number of carbonyl (C=O) groups is 1. The summed E-state index contributed by atoms with van der Waals surface area (Å²) in [4.78, 5) is 21.4. The first-order valence-electron chi connectivity index (χ1n) is 14.0. The van der Waals surface area contributed by atoms with Crippen molar-refractivity contribution in [3.8, 4) is 0 Å². The maximum atomic E-state index is 12.1. The molecule has 0 atom stereocenters. The standard InChI is InChI=1S/C29H45N5O3/c1-3-4-5-6-7-8-9-10-11-16-26(35)31-18-21-37-22-19-34-25(17-20-36-2)33-27-28(34)23-14-12-13-15-24(23)32-29(27)30/h12-15H,3-11,16-22H2,1-2H3,(H2,30,32)(H,31,35). The smallest absolute Gasteiger partial charge is 0.220 e. The fraction of sp³-hybridized carbons (Fsp3) is 0.621. The Kier molecular flexibility index (Phi) is 12.6. The summed E-state index contributed by atoms with van der Waals surface area (Å²) in [6.07, 6.45) is 12.6. The van der Waals surface area contributed by atoms with Crippen LogP contribution in [0.1, 0.15) is 77.0 Å². The van der Waals surface area contributed by atoms with E-state index in [2.05, 4.69) is 21.8 Å². The average molecular weight is 512 g/mol. The number of nitrogens with zero attached hydrogens (tertiary/aromatic N) is 3. The summed E-state index contributed by atoms with van der Waals surface area (Å²) in [5, 5.41) is 4.00. The highest BCUT2D eigenvalue weighted by Gasteiger charge is 2.17. The van der Waals surface area contributed by atoms with Gasteiger partial charge in [-0.15, -0.1) is 0 Å². The predicted octanol–water partition coefficient (Wildman–Crippen LogP) is 5.41. The topological polar surface area (TPSA) is 104 Å². The van der Waals surface area contributed by atoms with Gasteiger partial charge in [-0.05, 0) is 12.5 Å². The second kappa shape index (κ2) is 16.2. The molecule has 0 fully saturated rings. The number of fused-ring (bicyclic) bond motifs is 3. The van der Waals surface area contributed by atoms with Crippen molar-refractivity contribution >= 4 is 33.7 Å². The Morgan fingerprint density at radius 3 is 2.46 bits per heavy atom. The number of benzene rings is 1. The molecule has 0 aliphatic carbocycles. The summed E-state index contributed by atoms with van der Waals surface area (Å²) in [5.41, 5.74) is 8.79. The maximum absolute atomic E-state index is 12.1. The molecule has 3 rings (SSSR count). The molecule has 0 radical (unpaired) electrons. The average Bonchev–Trinajstić information content (AvgIpc) is 3.27. The van der Waals surface area contributed by atoms with Gasteiger partial charge in [-0.1, -0.05) is 76.5 Å². The number of para-hydroxylation sites is 1. The lowest BCUT2D eigenvalue weighted by atomic mass is 10.1. The van der Waals surface area contributed by atoms with E-state index in [9.17, 15) is 4.79 Å². The van der Waals surface area contributed by atoms with Gasteiger partial charge >= 0.3 is 0 Å². The number of rotatable bonds is 19. The number of pyridine rings is 1. The molecule has 0 aliphatic heterocycles. The molecule has 3 aromatic rings. The minimum atomic E-state index is 0.114. The van der Waals surface area contributed by atoms with E-state index >= 15 is 0 Å². The van der Waals surface area contributed by atoms with Crippen LogP contribution >= 0.6 is 0 Å². The number of carbonyl (C=O) groups excluding carboxylic acids is 1. The fourth-order valence-electron chi connectivity index (χ4n) is 4.74. The van der Waals surface area contributed by atoms with Crippen LogP contribution in [0.2, 0.25) is 0 Å². The molecular weight excluding hydrogens is 466 g/mol. The van der Waals surface area contributed by atoms with Crippen molar-refractivity contribution in [3.05, 3.63) is 30.1 Å². The zero-order valence-electron chi connectivity index (χ0n) is 22.8. The van der Waals surface area contributed by atoms with Crippen molar-refractivity contribution in [3.63, 3.8) is 0 Å². The van der Waals surface area contributed by atoms with Gasteiger partial charge in [0.15, 0.2) is 5.82 Å². The first kappa shape index (κ1) is 28.9. The normalized spacial score (nSPS) is 11.5. The summed E-state index contributed by atoms with van der Waals surface area (Å²) in [6.45, 7) is 4.97. The number of imidazole rings is 1. The molecule has 0 unspecified atom stereocenters. The summed E-state index contributed by atoms with van der Waals surface area (Å²) < 4.78 is 13.3. The van der Waals surface area contributed by atoms with Gasteiger partial charge in [0, 0.05) is 38.4 Å². The second-order valence-electron chi connectivity index (χ2n) is 9.67. The third-order valence-corrected chi connectivity index (χ3v) is 6.75. The highest BCUT2D eigenvalue weighted by Crippen LogP contribution is 2.29. The number of methoxy groups -OCH3 is 1. The third kappa shape index (κ3) is 8.97. The van der Waals surface area contributed by atoms with E-state index in [4.69, 9.17) is 20.2 Å². The van der Waals surface area contributed by atoms with Crippen LogP contribution < -0.4 is 11.1 Å². The molecule has 1 amide bonds. The van der Waals surface area contributed by atoms with E-state index in [0.29, 0.717) is 57.1 Å². The molecule has 0 spiro atoms. The van der Waals surface area contributed by atoms with E-state index in [1.165, 1.54) is 44.9 Å². The number of hydrogen-bond acceptors (Lipinski definition) is 6. The molecule has 0 saturated heterocycles. The third-order valence-electron chi connectivity index (χ3n) is 6.75. The first-order chi connectivity index (χ1) is 18.2. The minimum absolute atomic E-state index is 0.114. The quantitative estimate of drug-likeness (QED) is 0.209. The molecule has 204 valence electrons. The number of aromatic nitrogens is 3. The van der Waals surface area contributed by atoms with Crippen LogP contribution in [0.4, 0.5) is 5.82 Å². The Balaban J connectivity index is 1.40. The van der Waals surface area contributed by atoms with Crippen molar-refractivity contribution < 1.29 is 14.3 Å². The number of unbranched alkanes of at least 4 members (excludes halogenated alkanes) is 8. The van der Waals surface area contributed by atoms with E-state index in [1.54, 1.807) is 7.11 Å². The Bertz CT molecular complexity index is 1100. The fourth-order valence-corrected chi connectivity index (χ4v) is 4.74. The Labute approximate surface area is 221 Å². The lowest BCUT2D eigenvalue weighted by Gasteiger charge is -2.12. The van der Waals surface area contributed by atoms with Gasteiger partial charge in [0.25, 0.3) is 0 Å². The van der Waals surface area contributed by atoms with Gasteiger partial charge in [-0.3, -0.25) is 4.79 Å². The molecule has 1 aromatic carbocycles. The van der Waals surface area contributed by atoms with Crippen molar-refractivity contribution in [2.45, 2.75) is 84.1 Å². The second-order valence-corrected chi connectivity index (χ2v) is 9.67. The van der Waals surface area contributed by atoms with Crippen LogP contribution in [0.25, 0.3) is 21.9 Å². The molecule has 0 bridgehead atoms. The number of ether oxygens (including phenoxy) is 2. The van der Waals surface area contributed by atoms with Crippen molar-refractivity contribution in [1.29, 1.82) is 0 Å². The molecule has 2 heterocycles. The molecular formula is C29H45N5O3. The van der Waals surface area contributed by atoms with Crippen molar-refractivity contribution in [2.75, 3.05) is 39.2 Å². The zero-order valence-corrected chi connectivity index (χ0v) is 22.8. The molecule has 0 aliphatic rings. The van der Waals surface area contributed by atoms with Crippen molar-refractivity contribution in [2.24, 2.45) is 0 Å². The number of nitrogens with two attached hydrogens (primary N) is 1. The number of nitrogen functional groups attached to an aromatic ring is 1. The summed E-state index contributed by atoms with van der Waals surface area (Å²) in [7, 11) is 1.69. The SMILES string of the molecule is CCCCCCCCCCCC(=O)NCCOCCn1c(CCOC)nc2c(N)nc3ccccc3c21.